The number of Topliss-reactive ketones (excluding diaryl/α,β-unsaturated/α-hetero) is 1. The van der Waals surface area contributed by atoms with Gasteiger partial charge in [0.25, 0.3) is 0 Å². The molecule has 2 aliphatic rings. The van der Waals surface area contributed by atoms with Crippen LogP contribution in [0.4, 0.5) is 0 Å². The van der Waals surface area contributed by atoms with E-state index in [2.05, 4.69) is 6.92 Å². The van der Waals surface area contributed by atoms with Gasteiger partial charge in [-0.15, -0.1) is 0 Å². The molecule has 0 radical (unpaired) electrons. The lowest BCUT2D eigenvalue weighted by Gasteiger charge is -2.34. The molecule has 3 rings (SSSR count). The van der Waals surface area contributed by atoms with Gasteiger partial charge in [0.15, 0.2) is 5.78 Å². The van der Waals surface area contributed by atoms with Gasteiger partial charge < -0.3 is 9.53 Å². The Morgan fingerprint density at radius 3 is 2.48 bits per heavy atom. The number of benzene rings is 1. The summed E-state index contributed by atoms with van der Waals surface area (Å²) in [4.78, 5) is 24.1. The standard InChI is InChI=1S/C26H36Cl2O3/c1-2-3-14-26(20-12-8-9-13-20)18-19-17-21(23(27)24(28)22(19)25(26)30)31-16-11-7-5-4-6-10-15-29/h15,17,20H,2-14,16,18H2,1H3. The fourth-order valence-corrected chi connectivity index (χ4v) is 6.06. The van der Waals surface area contributed by atoms with Gasteiger partial charge in [-0.3, -0.25) is 4.79 Å². The van der Waals surface area contributed by atoms with Gasteiger partial charge in [-0.1, -0.05) is 75.1 Å². The molecule has 3 nitrogen and oxygen atoms in total. The summed E-state index contributed by atoms with van der Waals surface area (Å²) in [6.07, 6.45) is 15.4. The average Bonchev–Trinajstić information content (AvgIpc) is 3.39. The van der Waals surface area contributed by atoms with E-state index in [-0.39, 0.29) is 11.2 Å². The van der Waals surface area contributed by atoms with Gasteiger partial charge in [0, 0.05) is 17.4 Å². The van der Waals surface area contributed by atoms with Crippen molar-refractivity contribution >= 4 is 35.3 Å². The molecule has 0 bridgehead atoms. The quantitative estimate of drug-likeness (QED) is 0.218. The second kappa shape index (κ2) is 11.7. The predicted molar refractivity (Wildman–Crippen MR) is 128 cm³/mol. The average molecular weight is 467 g/mol. The van der Waals surface area contributed by atoms with Crippen molar-refractivity contribution < 1.29 is 14.3 Å². The van der Waals surface area contributed by atoms with Crippen molar-refractivity contribution in [3.63, 3.8) is 0 Å². The molecular weight excluding hydrogens is 431 g/mol. The van der Waals surface area contributed by atoms with Gasteiger partial charge in [0.2, 0.25) is 0 Å². The summed E-state index contributed by atoms with van der Waals surface area (Å²) in [5.74, 6) is 1.28. The number of aldehydes is 1. The van der Waals surface area contributed by atoms with Crippen molar-refractivity contribution in [2.24, 2.45) is 11.3 Å². The van der Waals surface area contributed by atoms with Crippen molar-refractivity contribution in [2.45, 2.75) is 96.8 Å². The van der Waals surface area contributed by atoms with Gasteiger partial charge in [-0.05, 0) is 56.1 Å². The highest BCUT2D eigenvalue weighted by molar-refractivity contribution is 6.45. The Kier molecular flexibility index (Phi) is 9.28. The van der Waals surface area contributed by atoms with Crippen molar-refractivity contribution in [2.75, 3.05) is 6.61 Å². The Bertz CT molecular complexity index is 770. The third kappa shape index (κ3) is 5.47. The number of hydrogen-bond acceptors (Lipinski definition) is 3. The van der Waals surface area contributed by atoms with Crippen LogP contribution in [0.2, 0.25) is 10.0 Å². The highest BCUT2D eigenvalue weighted by Crippen LogP contribution is 2.54. The summed E-state index contributed by atoms with van der Waals surface area (Å²) in [7, 11) is 0. The summed E-state index contributed by atoms with van der Waals surface area (Å²) in [5, 5.41) is 0.752. The fourth-order valence-electron chi connectivity index (χ4n) is 5.56. The van der Waals surface area contributed by atoms with Crippen LogP contribution in [0.25, 0.3) is 0 Å². The van der Waals surface area contributed by atoms with Gasteiger partial charge in [-0.2, -0.15) is 0 Å². The summed E-state index contributed by atoms with van der Waals surface area (Å²) in [6.45, 7) is 2.77. The Morgan fingerprint density at radius 1 is 1.06 bits per heavy atom. The first-order chi connectivity index (χ1) is 15.0. The second-order valence-electron chi connectivity index (χ2n) is 9.36. The van der Waals surface area contributed by atoms with E-state index < -0.39 is 0 Å². The van der Waals surface area contributed by atoms with E-state index in [0.29, 0.717) is 40.3 Å². The molecule has 1 unspecified atom stereocenters. The van der Waals surface area contributed by atoms with Crippen LogP contribution >= 0.6 is 23.2 Å². The minimum absolute atomic E-state index is 0.219. The van der Waals surface area contributed by atoms with Crippen LogP contribution in [0.5, 0.6) is 5.75 Å². The Labute approximate surface area is 197 Å². The van der Waals surface area contributed by atoms with Crippen LogP contribution < -0.4 is 4.74 Å². The zero-order valence-electron chi connectivity index (χ0n) is 18.8. The number of carbonyl (C=O) groups is 2. The van der Waals surface area contributed by atoms with E-state index in [0.717, 1.165) is 82.5 Å². The van der Waals surface area contributed by atoms with E-state index in [1.54, 1.807) is 0 Å². The zero-order valence-corrected chi connectivity index (χ0v) is 20.3. The lowest BCUT2D eigenvalue weighted by atomic mass is 9.68. The smallest absolute Gasteiger partial charge is 0.171 e. The van der Waals surface area contributed by atoms with E-state index in [4.69, 9.17) is 27.9 Å². The monoisotopic (exact) mass is 466 g/mol. The normalized spacial score (nSPS) is 20.9. The first-order valence-electron chi connectivity index (χ1n) is 12.2. The number of hydrogen-bond donors (Lipinski definition) is 0. The summed E-state index contributed by atoms with van der Waals surface area (Å²) in [6, 6.07) is 1.98. The van der Waals surface area contributed by atoms with E-state index >= 15 is 0 Å². The van der Waals surface area contributed by atoms with Gasteiger partial charge >= 0.3 is 0 Å². The number of carbonyl (C=O) groups excluding carboxylic acids is 2. The van der Waals surface area contributed by atoms with Crippen molar-refractivity contribution in [3.8, 4) is 5.75 Å². The minimum Gasteiger partial charge on any atom is -0.492 e. The molecule has 0 N–H and O–H groups in total. The molecule has 1 saturated carbocycles. The summed E-state index contributed by atoms with van der Waals surface area (Å²) in [5.41, 5.74) is 1.37. The lowest BCUT2D eigenvalue weighted by Crippen LogP contribution is -2.35. The Balaban J connectivity index is 1.69. The van der Waals surface area contributed by atoms with Gasteiger partial charge in [0.05, 0.1) is 11.6 Å². The first kappa shape index (κ1) is 24.6. The van der Waals surface area contributed by atoms with Crippen LogP contribution in [-0.2, 0) is 11.2 Å². The number of rotatable bonds is 13. The molecule has 0 aromatic heterocycles. The number of ketones is 1. The van der Waals surface area contributed by atoms with Crippen molar-refractivity contribution in [1.82, 2.24) is 0 Å². The number of unbranched alkanes of at least 4 members (excludes halogenated alkanes) is 6. The number of fused-ring (bicyclic) bond motifs is 1. The zero-order chi connectivity index (χ0) is 22.3. The molecule has 31 heavy (non-hydrogen) atoms. The van der Waals surface area contributed by atoms with Gasteiger partial charge in [-0.25, -0.2) is 0 Å². The molecule has 0 spiro atoms. The van der Waals surface area contributed by atoms with Crippen LogP contribution in [0.1, 0.15) is 106 Å². The fraction of sp³-hybridized carbons (Fsp3) is 0.692. The first-order valence-corrected chi connectivity index (χ1v) is 12.9. The highest BCUT2D eigenvalue weighted by atomic mass is 35.5. The highest BCUT2D eigenvalue weighted by Gasteiger charge is 2.51. The largest absolute Gasteiger partial charge is 0.492 e. The molecule has 1 aromatic carbocycles. The maximum atomic E-state index is 13.7. The molecular formula is C26H36Cl2O3. The molecule has 172 valence electrons. The Hall–Kier alpha value is -1.06. The van der Waals surface area contributed by atoms with Crippen LogP contribution in [0, 0.1) is 11.3 Å². The van der Waals surface area contributed by atoms with E-state index in [1.807, 2.05) is 6.07 Å². The van der Waals surface area contributed by atoms with Crippen molar-refractivity contribution in [1.29, 1.82) is 0 Å². The second-order valence-corrected chi connectivity index (χ2v) is 10.1. The molecule has 1 fully saturated rings. The molecule has 1 atom stereocenters. The van der Waals surface area contributed by atoms with Crippen molar-refractivity contribution in [3.05, 3.63) is 27.2 Å². The third-order valence-corrected chi connectivity index (χ3v) is 8.13. The summed E-state index contributed by atoms with van der Waals surface area (Å²) < 4.78 is 6.00. The molecule has 5 heteroatoms. The SMILES string of the molecule is CCCCC1(C2CCCC2)Cc2cc(OCCCCCCCC=O)c(Cl)c(Cl)c2C1=O. The van der Waals surface area contributed by atoms with E-state index in [1.165, 1.54) is 12.8 Å². The van der Waals surface area contributed by atoms with E-state index in [9.17, 15) is 9.59 Å². The molecule has 0 amide bonds. The summed E-state index contributed by atoms with van der Waals surface area (Å²) >= 11 is 13.2. The Morgan fingerprint density at radius 2 is 1.77 bits per heavy atom. The number of halogens is 2. The lowest BCUT2D eigenvalue weighted by molar-refractivity contribution is -0.107. The molecule has 1 aromatic rings. The maximum Gasteiger partial charge on any atom is 0.171 e. The molecule has 0 heterocycles. The minimum atomic E-state index is -0.304. The van der Waals surface area contributed by atoms with Crippen LogP contribution in [-0.4, -0.2) is 18.7 Å². The number of ether oxygens (including phenoxy) is 1. The van der Waals surface area contributed by atoms with Crippen LogP contribution in [0.15, 0.2) is 6.07 Å². The third-order valence-electron chi connectivity index (χ3n) is 7.28. The molecule has 0 aliphatic heterocycles. The predicted octanol–water partition coefficient (Wildman–Crippen LogP) is 8.02. The van der Waals surface area contributed by atoms with Gasteiger partial charge in [0.1, 0.15) is 17.1 Å². The van der Waals surface area contributed by atoms with Crippen LogP contribution in [0.3, 0.4) is 0 Å². The molecule has 2 aliphatic carbocycles. The topological polar surface area (TPSA) is 43.4 Å². The maximum absolute atomic E-state index is 13.7. The molecule has 0 saturated heterocycles.